The van der Waals surface area contributed by atoms with Gasteiger partial charge in [-0.1, -0.05) is 17.4 Å². The van der Waals surface area contributed by atoms with E-state index >= 15 is 0 Å². The van der Waals surface area contributed by atoms with Crippen molar-refractivity contribution in [1.29, 1.82) is 0 Å². The molecule has 0 saturated heterocycles. The van der Waals surface area contributed by atoms with Crippen LogP contribution in [-0.4, -0.2) is 36.5 Å². The Labute approximate surface area is 171 Å². The van der Waals surface area contributed by atoms with E-state index in [0.29, 0.717) is 13.0 Å². The third kappa shape index (κ3) is 3.30. The van der Waals surface area contributed by atoms with Crippen molar-refractivity contribution >= 4 is 27.2 Å². The van der Waals surface area contributed by atoms with Crippen molar-refractivity contribution in [3.63, 3.8) is 0 Å². The SMILES string of the molecule is COCc1nn2c(Cc3ccc4ncc(-c5cc(C)n(C)c5)cc4c3)nnc2s1. The molecule has 146 valence electrons. The third-order valence-electron chi connectivity index (χ3n) is 5.06. The monoisotopic (exact) mass is 404 g/mol. The molecule has 0 unspecified atom stereocenters. The summed E-state index contributed by atoms with van der Waals surface area (Å²) in [5.41, 5.74) is 5.65. The van der Waals surface area contributed by atoms with E-state index in [2.05, 4.69) is 75.3 Å². The van der Waals surface area contributed by atoms with Gasteiger partial charge in [0.1, 0.15) is 5.01 Å². The highest BCUT2D eigenvalue weighted by molar-refractivity contribution is 7.16. The molecule has 0 bridgehead atoms. The quantitative estimate of drug-likeness (QED) is 0.446. The van der Waals surface area contributed by atoms with Crippen LogP contribution in [0.1, 0.15) is 22.1 Å². The van der Waals surface area contributed by atoms with E-state index in [-0.39, 0.29) is 0 Å². The minimum absolute atomic E-state index is 0.483. The maximum atomic E-state index is 5.17. The summed E-state index contributed by atoms with van der Waals surface area (Å²) in [4.78, 5) is 5.43. The standard InChI is InChI=1S/C21H20N6OS/c1-13-6-17(11-26(13)2)16-9-15-7-14(4-5-18(15)22-10-16)8-19-23-24-21-27(19)25-20(29-21)12-28-3/h4-7,9-11H,8,12H2,1-3H3. The average molecular weight is 404 g/mol. The number of fused-ring (bicyclic) bond motifs is 2. The third-order valence-corrected chi connectivity index (χ3v) is 5.93. The van der Waals surface area contributed by atoms with E-state index in [4.69, 9.17) is 4.74 Å². The van der Waals surface area contributed by atoms with Crippen molar-refractivity contribution in [2.75, 3.05) is 7.11 Å². The molecule has 5 aromatic rings. The summed E-state index contributed by atoms with van der Waals surface area (Å²) in [6.45, 7) is 2.59. The number of rotatable bonds is 5. The lowest BCUT2D eigenvalue weighted by Gasteiger charge is -2.04. The predicted molar refractivity (Wildman–Crippen MR) is 113 cm³/mol. The first-order chi connectivity index (χ1) is 14.1. The van der Waals surface area contributed by atoms with E-state index in [1.165, 1.54) is 22.6 Å². The Hall–Kier alpha value is -3.10. The summed E-state index contributed by atoms with van der Waals surface area (Å²) >= 11 is 1.50. The van der Waals surface area contributed by atoms with Crippen LogP contribution in [0.15, 0.2) is 42.7 Å². The summed E-state index contributed by atoms with van der Waals surface area (Å²) < 4.78 is 9.10. The van der Waals surface area contributed by atoms with Gasteiger partial charge in [-0.2, -0.15) is 9.61 Å². The van der Waals surface area contributed by atoms with Crippen molar-refractivity contribution < 1.29 is 4.74 Å². The Balaban J connectivity index is 1.49. The molecule has 0 saturated carbocycles. The topological polar surface area (TPSA) is 70.1 Å². The zero-order chi connectivity index (χ0) is 20.0. The fourth-order valence-electron chi connectivity index (χ4n) is 3.45. The van der Waals surface area contributed by atoms with Crippen LogP contribution in [0.5, 0.6) is 0 Å². The molecule has 29 heavy (non-hydrogen) atoms. The van der Waals surface area contributed by atoms with E-state index in [1.54, 1.807) is 7.11 Å². The largest absolute Gasteiger partial charge is 0.377 e. The lowest BCUT2D eigenvalue weighted by atomic mass is 10.0. The molecule has 0 spiro atoms. The fourth-order valence-corrected chi connectivity index (χ4v) is 4.28. The van der Waals surface area contributed by atoms with Crippen LogP contribution < -0.4 is 0 Å². The Morgan fingerprint density at radius 3 is 2.79 bits per heavy atom. The molecule has 5 rings (SSSR count). The second kappa shape index (κ2) is 7.06. The van der Waals surface area contributed by atoms with E-state index in [1.807, 2.05) is 10.7 Å². The molecule has 0 atom stereocenters. The van der Waals surface area contributed by atoms with Gasteiger partial charge in [0.05, 0.1) is 12.1 Å². The van der Waals surface area contributed by atoms with Crippen molar-refractivity contribution in [2.24, 2.45) is 7.05 Å². The fraction of sp³-hybridized carbons (Fsp3) is 0.238. The number of hydrogen-bond acceptors (Lipinski definition) is 6. The minimum atomic E-state index is 0.483. The number of nitrogens with zero attached hydrogens (tertiary/aromatic N) is 6. The van der Waals surface area contributed by atoms with E-state index < -0.39 is 0 Å². The van der Waals surface area contributed by atoms with Crippen LogP contribution in [0.25, 0.3) is 27.0 Å². The highest BCUT2D eigenvalue weighted by atomic mass is 32.1. The first-order valence-corrected chi connectivity index (χ1v) is 10.1. The first kappa shape index (κ1) is 18.0. The molecule has 4 aromatic heterocycles. The average Bonchev–Trinajstić information content (AvgIpc) is 3.38. The van der Waals surface area contributed by atoms with Crippen molar-refractivity contribution in [3.05, 3.63) is 64.8 Å². The Morgan fingerprint density at radius 1 is 1.10 bits per heavy atom. The highest BCUT2D eigenvalue weighted by Gasteiger charge is 2.13. The van der Waals surface area contributed by atoms with Crippen molar-refractivity contribution in [2.45, 2.75) is 20.0 Å². The Morgan fingerprint density at radius 2 is 2.00 bits per heavy atom. The van der Waals surface area contributed by atoms with Crippen LogP contribution in [0.2, 0.25) is 0 Å². The molecule has 0 aliphatic carbocycles. The zero-order valence-corrected chi connectivity index (χ0v) is 17.3. The maximum Gasteiger partial charge on any atom is 0.234 e. The Bertz CT molecular complexity index is 1310. The Kier molecular flexibility index (Phi) is 4.37. The van der Waals surface area contributed by atoms with E-state index in [0.717, 1.165) is 37.8 Å². The number of ether oxygens (including phenoxy) is 1. The van der Waals surface area contributed by atoms with Crippen LogP contribution >= 0.6 is 11.3 Å². The first-order valence-electron chi connectivity index (χ1n) is 9.31. The summed E-state index contributed by atoms with van der Waals surface area (Å²) in [5.74, 6) is 0.820. The number of pyridine rings is 1. The number of aromatic nitrogens is 6. The second-order valence-corrected chi connectivity index (χ2v) is 8.19. The van der Waals surface area contributed by atoms with Gasteiger partial charge >= 0.3 is 0 Å². The molecule has 4 heterocycles. The number of benzene rings is 1. The van der Waals surface area contributed by atoms with Gasteiger partial charge in [-0.15, -0.1) is 10.2 Å². The van der Waals surface area contributed by atoms with Crippen LogP contribution in [0.3, 0.4) is 0 Å². The molecule has 0 amide bonds. The summed E-state index contributed by atoms with van der Waals surface area (Å²) in [5, 5.41) is 15.1. The summed E-state index contributed by atoms with van der Waals surface area (Å²) in [6.07, 6.45) is 4.72. The highest BCUT2D eigenvalue weighted by Crippen LogP contribution is 2.25. The molecule has 0 fully saturated rings. The number of methoxy groups -OCH3 is 1. The maximum absolute atomic E-state index is 5.17. The number of hydrogen-bond donors (Lipinski definition) is 0. The summed E-state index contributed by atoms with van der Waals surface area (Å²) in [7, 11) is 3.72. The smallest absolute Gasteiger partial charge is 0.234 e. The van der Waals surface area contributed by atoms with E-state index in [9.17, 15) is 0 Å². The van der Waals surface area contributed by atoms with Gasteiger partial charge in [-0.05, 0) is 36.8 Å². The van der Waals surface area contributed by atoms with Gasteiger partial charge in [0, 0.05) is 55.2 Å². The minimum Gasteiger partial charge on any atom is -0.377 e. The van der Waals surface area contributed by atoms with Gasteiger partial charge in [0.25, 0.3) is 0 Å². The molecular formula is C21H20N6OS. The normalized spacial score (nSPS) is 11.7. The van der Waals surface area contributed by atoms with Crippen molar-refractivity contribution in [3.8, 4) is 11.1 Å². The van der Waals surface area contributed by atoms with Gasteiger partial charge in [-0.3, -0.25) is 4.98 Å². The predicted octanol–water partition coefficient (Wildman–Crippen LogP) is 3.79. The number of aryl methyl sites for hydroxylation is 2. The molecule has 0 radical (unpaired) electrons. The van der Waals surface area contributed by atoms with Crippen LogP contribution in [0.4, 0.5) is 0 Å². The molecule has 0 N–H and O–H groups in total. The zero-order valence-electron chi connectivity index (χ0n) is 16.5. The molecule has 1 aromatic carbocycles. The van der Waals surface area contributed by atoms with Crippen LogP contribution in [0, 0.1) is 6.92 Å². The van der Waals surface area contributed by atoms with Gasteiger partial charge in [0.15, 0.2) is 5.82 Å². The lowest BCUT2D eigenvalue weighted by molar-refractivity contribution is 0.183. The van der Waals surface area contributed by atoms with Gasteiger partial charge in [0.2, 0.25) is 4.96 Å². The lowest BCUT2D eigenvalue weighted by Crippen LogP contribution is -1.99. The van der Waals surface area contributed by atoms with Crippen molar-refractivity contribution in [1.82, 2.24) is 29.4 Å². The van der Waals surface area contributed by atoms with Gasteiger partial charge in [-0.25, -0.2) is 0 Å². The molecule has 7 nitrogen and oxygen atoms in total. The molecular weight excluding hydrogens is 384 g/mol. The molecule has 0 aliphatic rings. The molecule has 8 heteroatoms. The summed E-state index contributed by atoms with van der Waals surface area (Å²) in [6, 6.07) is 10.7. The molecule has 0 aliphatic heterocycles. The second-order valence-electron chi connectivity index (χ2n) is 7.15. The van der Waals surface area contributed by atoms with Crippen LogP contribution in [-0.2, 0) is 24.8 Å². The van der Waals surface area contributed by atoms with Gasteiger partial charge < -0.3 is 9.30 Å².